The topological polar surface area (TPSA) is 48.5 Å². The maximum absolute atomic E-state index is 5.43. The Bertz CT molecular complexity index is 3900. The van der Waals surface area contributed by atoms with Gasteiger partial charge < -0.3 is 4.57 Å². The van der Waals surface area contributed by atoms with Gasteiger partial charge in [-0.25, -0.2) is 4.98 Å². The molecule has 0 N–H and O–H groups in total. The van der Waals surface area contributed by atoms with E-state index in [9.17, 15) is 0 Å². The van der Waals surface area contributed by atoms with Gasteiger partial charge in [-0.15, -0.1) is 10.0 Å². The van der Waals surface area contributed by atoms with E-state index in [4.69, 9.17) is 15.0 Å². The van der Waals surface area contributed by atoms with Crippen molar-refractivity contribution < 1.29 is 0 Å². The van der Waals surface area contributed by atoms with Gasteiger partial charge in [0.15, 0.2) is 11.6 Å². The molecular formula is C63H43N5S. The van der Waals surface area contributed by atoms with Gasteiger partial charge >= 0.3 is 0 Å². The molecule has 0 atom stereocenters. The first-order chi connectivity index (χ1) is 34.2. The Hall–Kier alpha value is -8.84. The molecule has 0 saturated carbocycles. The van der Waals surface area contributed by atoms with E-state index in [0.717, 1.165) is 49.7 Å². The number of nitrogens with zero attached hydrogens (tertiary/aromatic N) is 5. The van der Waals surface area contributed by atoms with Crippen molar-refractivity contribution in [1.29, 1.82) is 0 Å². The highest BCUT2D eigenvalue weighted by molar-refractivity contribution is 8.34. The normalized spacial score (nSPS) is 12.0. The Morgan fingerprint density at radius 1 is 0.261 bits per heavy atom. The summed E-state index contributed by atoms with van der Waals surface area (Å²) in [6, 6.07) is 93.5. The van der Waals surface area contributed by atoms with Crippen LogP contribution < -0.4 is 0 Å². The van der Waals surface area contributed by atoms with Gasteiger partial charge in [-0.05, 0) is 108 Å². The molecule has 5 nitrogen and oxygen atoms in total. The van der Waals surface area contributed by atoms with E-state index in [1.165, 1.54) is 41.4 Å². The number of para-hydroxylation sites is 3. The third-order valence-electron chi connectivity index (χ3n) is 13.3. The highest BCUT2D eigenvalue weighted by Crippen LogP contribution is 2.73. The summed E-state index contributed by atoms with van der Waals surface area (Å²) in [5, 5.41) is 4.71. The second kappa shape index (κ2) is 16.8. The van der Waals surface area contributed by atoms with Crippen LogP contribution in [0.2, 0.25) is 0 Å². The van der Waals surface area contributed by atoms with Crippen molar-refractivity contribution in [3.63, 3.8) is 0 Å². The average molecular weight is 902 g/mol. The predicted molar refractivity (Wildman–Crippen MR) is 285 cm³/mol. The average Bonchev–Trinajstić information content (AvgIpc) is 3.95. The third-order valence-corrected chi connectivity index (χ3v) is 17.2. The minimum Gasteiger partial charge on any atom is -0.309 e. The largest absolute Gasteiger partial charge is 0.309 e. The Morgan fingerprint density at radius 3 is 1.22 bits per heavy atom. The number of aromatic nitrogens is 5. The van der Waals surface area contributed by atoms with Crippen LogP contribution >= 0.6 is 10.0 Å². The van der Waals surface area contributed by atoms with Crippen molar-refractivity contribution in [3.8, 4) is 45.5 Å². The highest BCUT2D eigenvalue weighted by atomic mass is 32.3. The van der Waals surface area contributed by atoms with E-state index in [0.29, 0.717) is 17.6 Å². The Balaban J connectivity index is 0.995. The molecule has 326 valence electrons. The van der Waals surface area contributed by atoms with Gasteiger partial charge in [-0.1, -0.05) is 164 Å². The van der Waals surface area contributed by atoms with E-state index in [1.807, 2.05) is 18.2 Å². The zero-order chi connectivity index (χ0) is 45.7. The predicted octanol–water partition coefficient (Wildman–Crippen LogP) is 16.4. The molecule has 0 aliphatic carbocycles. The third kappa shape index (κ3) is 6.75. The maximum Gasteiger partial charge on any atom is 0.238 e. The first-order valence-electron chi connectivity index (χ1n) is 23.3. The summed E-state index contributed by atoms with van der Waals surface area (Å²) in [6.45, 7) is 0. The summed E-state index contributed by atoms with van der Waals surface area (Å²) < 4.78 is 4.57. The fourth-order valence-electron chi connectivity index (χ4n) is 10.2. The van der Waals surface area contributed by atoms with Gasteiger partial charge in [0, 0.05) is 57.9 Å². The first kappa shape index (κ1) is 40.4. The molecule has 13 aromatic rings. The number of hydrogen-bond donors (Lipinski definition) is 0. The molecule has 0 saturated heterocycles. The van der Waals surface area contributed by atoms with E-state index < -0.39 is 10.0 Å². The summed E-state index contributed by atoms with van der Waals surface area (Å²) >= 11 is 0. The van der Waals surface area contributed by atoms with Gasteiger partial charge in [0.05, 0.1) is 22.1 Å². The molecule has 10 aromatic carbocycles. The molecule has 3 heterocycles. The molecular weight excluding hydrogens is 859 g/mol. The molecule has 69 heavy (non-hydrogen) atoms. The van der Waals surface area contributed by atoms with Crippen molar-refractivity contribution in [2.45, 2.75) is 19.6 Å². The van der Waals surface area contributed by atoms with E-state index in [1.54, 1.807) is 0 Å². The lowest BCUT2D eigenvalue weighted by molar-refractivity contribution is 0.953. The van der Waals surface area contributed by atoms with E-state index >= 15 is 0 Å². The summed E-state index contributed by atoms with van der Waals surface area (Å²) in [5.74, 6) is 1.78. The fraction of sp³-hybridized carbons (Fsp3) is 0. The monoisotopic (exact) mass is 901 g/mol. The molecule has 0 bridgehead atoms. The Labute approximate surface area is 401 Å². The lowest BCUT2D eigenvalue weighted by Gasteiger charge is -2.42. The van der Waals surface area contributed by atoms with E-state index in [2.05, 4.69) is 252 Å². The molecule has 0 unspecified atom stereocenters. The lowest BCUT2D eigenvalue weighted by Crippen LogP contribution is -2.07. The molecule has 0 radical (unpaired) electrons. The van der Waals surface area contributed by atoms with Gasteiger partial charge in [-0.2, -0.15) is 9.97 Å². The van der Waals surface area contributed by atoms with Crippen LogP contribution in [-0.2, 0) is 0 Å². The van der Waals surface area contributed by atoms with Crippen LogP contribution in [-0.4, -0.2) is 24.1 Å². The van der Waals surface area contributed by atoms with Crippen molar-refractivity contribution in [2.24, 2.45) is 0 Å². The van der Waals surface area contributed by atoms with Gasteiger partial charge in [0.25, 0.3) is 0 Å². The smallest absolute Gasteiger partial charge is 0.238 e. The summed E-state index contributed by atoms with van der Waals surface area (Å²) in [7, 11) is -1.95. The molecule has 0 aliphatic heterocycles. The van der Waals surface area contributed by atoms with Crippen LogP contribution in [0, 0.1) is 0 Å². The van der Waals surface area contributed by atoms with Crippen molar-refractivity contribution in [2.75, 3.05) is 0 Å². The van der Waals surface area contributed by atoms with E-state index in [-0.39, 0.29) is 0 Å². The molecule has 0 amide bonds. The van der Waals surface area contributed by atoms with Crippen LogP contribution in [0.1, 0.15) is 0 Å². The van der Waals surface area contributed by atoms with Gasteiger partial charge in [-0.3, -0.25) is 4.57 Å². The fourth-order valence-corrected chi connectivity index (χ4v) is 14.1. The van der Waals surface area contributed by atoms with Crippen molar-refractivity contribution >= 4 is 53.6 Å². The zero-order valence-corrected chi connectivity index (χ0v) is 38.3. The minimum atomic E-state index is -1.95. The second-order valence-corrected chi connectivity index (χ2v) is 20.3. The summed E-state index contributed by atoms with van der Waals surface area (Å²) in [4.78, 5) is 21.0. The van der Waals surface area contributed by atoms with Crippen molar-refractivity contribution in [3.05, 3.63) is 261 Å². The van der Waals surface area contributed by atoms with Gasteiger partial charge in [0.1, 0.15) is 0 Å². The number of fused-ring (bicyclic) bond motifs is 6. The van der Waals surface area contributed by atoms with Crippen LogP contribution in [0.5, 0.6) is 0 Å². The minimum absolute atomic E-state index is 0.561. The molecule has 6 heteroatoms. The Kier molecular flexibility index (Phi) is 9.84. The molecule has 0 spiro atoms. The second-order valence-electron chi connectivity index (χ2n) is 17.2. The standard InChI is InChI=1S/C63H43N5S/c1-6-21-44(22-7-1)61-64-62(47-23-20-32-52(41-47)69(49-26-10-3-11-27-49,50-28-12-4-13-29-50)51-30-14-5-15-31-51)66-63(65-61)68-58-36-19-17-34-54(58)56-43-46(38-40-60(56)68)45-37-39-59-55(42-45)53-33-16-18-35-57(53)67(59)48-24-8-2-9-25-48/h1-43H. The number of rotatable bonds is 9. The van der Waals surface area contributed by atoms with Crippen molar-refractivity contribution in [1.82, 2.24) is 24.1 Å². The number of benzene rings is 10. The quantitative estimate of drug-likeness (QED) is 0.145. The highest BCUT2D eigenvalue weighted by Gasteiger charge is 2.33. The molecule has 0 fully saturated rings. The number of hydrogen-bond acceptors (Lipinski definition) is 3. The van der Waals surface area contributed by atoms with Crippen LogP contribution in [0.4, 0.5) is 0 Å². The maximum atomic E-state index is 5.43. The van der Waals surface area contributed by atoms with Crippen LogP contribution in [0.3, 0.4) is 0 Å². The summed E-state index contributed by atoms with van der Waals surface area (Å²) in [6.07, 6.45) is 0. The summed E-state index contributed by atoms with van der Waals surface area (Å²) in [5.41, 5.74) is 9.70. The molecule has 0 aliphatic rings. The van der Waals surface area contributed by atoms with Crippen LogP contribution in [0.25, 0.3) is 89.2 Å². The molecule has 13 rings (SSSR count). The zero-order valence-electron chi connectivity index (χ0n) is 37.5. The lowest BCUT2D eigenvalue weighted by atomic mass is 10.0. The Morgan fingerprint density at radius 2 is 0.667 bits per heavy atom. The molecule has 3 aromatic heterocycles. The first-order valence-corrected chi connectivity index (χ1v) is 24.9. The van der Waals surface area contributed by atoms with Crippen LogP contribution in [0.15, 0.2) is 280 Å². The SMILES string of the molecule is c1ccc(-c2nc(-c3cccc(S(c4ccccc4)(c4ccccc4)c4ccccc4)c3)nc(-n3c4ccccc4c4cc(-c5ccc6c(c5)c5ccccc5n6-c5ccccc5)ccc43)n2)cc1. The van der Waals surface area contributed by atoms with Gasteiger partial charge in [0.2, 0.25) is 5.95 Å².